The molecule has 1 aliphatic rings. The third-order valence-electron chi connectivity index (χ3n) is 4.26. The summed E-state index contributed by atoms with van der Waals surface area (Å²) in [7, 11) is 0. The van der Waals surface area contributed by atoms with E-state index in [1.807, 2.05) is 0 Å². The predicted octanol–water partition coefficient (Wildman–Crippen LogP) is 5.61. The van der Waals surface area contributed by atoms with Gasteiger partial charge in [0, 0.05) is 41.9 Å². The Kier molecular flexibility index (Phi) is 6.94. The number of rotatable bonds is 2. The molecule has 0 amide bonds. The van der Waals surface area contributed by atoms with E-state index < -0.39 is 0 Å². The van der Waals surface area contributed by atoms with Crippen molar-refractivity contribution in [3.05, 3.63) is 138 Å². The minimum absolute atomic E-state index is 1.25. The van der Waals surface area contributed by atoms with Gasteiger partial charge in [-0.05, 0) is 24.3 Å². The van der Waals surface area contributed by atoms with Crippen molar-refractivity contribution in [3.8, 4) is 0 Å². The second-order valence-electron chi connectivity index (χ2n) is 6.38. The van der Waals surface area contributed by atoms with Crippen LogP contribution in [0.15, 0.2) is 115 Å². The molecule has 0 radical (unpaired) electrons. The molecule has 1 heteroatoms. The van der Waals surface area contributed by atoms with Crippen LogP contribution in [0.2, 0.25) is 0 Å². The first-order chi connectivity index (χ1) is 13.2. The van der Waals surface area contributed by atoms with Gasteiger partial charge in [0.25, 0.3) is 0 Å². The molecule has 0 atom stereocenters. The fraction of sp³-hybridized carbons (Fsp3) is 0.0385. The Morgan fingerprint density at radius 2 is 1.26 bits per heavy atom. The molecule has 3 aromatic carbocycles. The van der Waals surface area contributed by atoms with Crippen LogP contribution >= 0.6 is 0 Å². The van der Waals surface area contributed by atoms with Crippen LogP contribution in [0.25, 0.3) is 5.57 Å². The fourth-order valence-corrected chi connectivity index (χ4v) is 3.07. The molecule has 0 N–H and O–H groups in total. The van der Waals surface area contributed by atoms with Gasteiger partial charge in [-0.3, -0.25) is 0 Å². The average Bonchev–Trinajstić information content (AvgIpc) is 2.73. The summed E-state index contributed by atoms with van der Waals surface area (Å²) in [6.45, 7) is 2.09. The first-order valence-electron chi connectivity index (χ1n) is 9.09. The van der Waals surface area contributed by atoms with Crippen LogP contribution in [0.4, 0.5) is 0 Å². The van der Waals surface area contributed by atoms with Crippen LogP contribution < -0.4 is 4.43 Å². The molecule has 0 saturated heterocycles. The van der Waals surface area contributed by atoms with Gasteiger partial charge in [-0.15, -0.1) is 0 Å². The molecule has 27 heavy (non-hydrogen) atoms. The third-order valence-corrected chi connectivity index (χ3v) is 4.65. The monoisotopic (exact) mass is 361 g/mol. The van der Waals surface area contributed by atoms with Crippen LogP contribution in [-0.2, 0) is 0 Å². The van der Waals surface area contributed by atoms with E-state index in [9.17, 15) is 0 Å². The van der Waals surface area contributed by atoms with Crippen molar-refractivity contribution in [1.29, 1.82) is 0 Å². The van der Waals surface area contributed by atoms with Crippen molar-refractivity contribution in [2.24, 2.45) is 0 Å². The van der Waals surface area contributed by atoms with Gasteiger partial charge in [0.1, 0.15) is 5.57 Å². The van der Waals surface area contributed by atoms with Crippen molar-refractivity contribution < 1.29 is 0 Å². The summed E-state index contributed by atoms with van der Waals surface area (Å²) < 4.78 is 1.25. The molecule has 126 valence electrons. The predicted molar refractivity (Wildman–Crippen MR) is 118 cm³/mol. The van der Waals surface area contributed by atoms with Crippen LogP contribution in [0.5, 0.6) is 0 Å². The molecule has 0 heterocycles. The summed E-state index contributed by atoms with van der Waals surface area (Å²) in [5.41, 5.74) is 6.35. The molecule has 0 nitrogen and oxygen atoms in total. The summed E-state index contributed by atoms with van der Waals surface area (Å²) in [6.07, 6.45) is 10.5. The standard InChI is InChI=1S/C19H15.C7H7.Al/c1-4-10-16(11-5-1)19(17-12-6-2-7-13-17)18-14-8-3-9-15-18;1-7-5-3-2-4-6-7;/h1-15H;3-6H,1H3;/q+1;;+2. The van der Waals surface area contributed by atoms with E-state index in [-0.39, 0.29) is 0 Å². The van der Waals surface area contributed by atoms with Gasteiger partial charge in [-0.25, -0.2) is 0 Å². The Morgan fingerprint density at radius 3 is 1.70 bits per heavy atom. The van der Waals surface area contributed by atoms with Gasteiger partial charge in [0.15, 0.2) is 0 Å². The zero-order chi connectivity index (χ0) is 18.9. The van der Waals surface area contributed by atoms with Gasteiger partial charge in [-0.1, -0.05) is 36.4 Å². The molecular formula is C26H22Al+3. The number of allylic oxidation sites excluding steroid dienone is 5. The summed E-state index contributed by atoms with van der Waals surface area (Å²) in [6, 6.07) is 29.5. The van der Waals surface area contributed by atoms with Crippen molar-refractivity contribution >= 4 is 26.3 Å². The maximum absolute atomic E-state index is 2.65. The Bertz CT molecular complexity index is 868. The quantitative estimate of drug-likeness (QED) is 0.411. The molecule has 0 unspecified atom stereocenters. The van der Waals surface area contributed by atoms with Crippen molar-refractivity contribution in [2.75, 3.05) is 0 Å². The van der Waals surface area contributed by atoms with Crippen LogP contribution in [-0.4, -0.2) is 16.3 Å². The molecule has 1 aliphatic carbocycles. The molecule has 0 spiro atoms. The van der Waals surface area contributed by atoms with E-state index in [0.29, 0.717) is 0 Å². The van der Waals surface area contributed by atoms with Gasteiger partial charge in [-0.2, -0.15) is 0 Å². The molecule has 3 aromatic rings. The Labute approximate surface area is 171 Å². The SMILES string of the molecule is C1=C[CH+]C(=C(c2ccccc2)c2ccccc2)C=C1.Cc1cc[c]([Al+2])cc1. The first-order valence-corrected chi connectivity index (χ1v) is 9.67. The summed E-state index contributed by atoms with van der Waals surface area (Å²) in [4.78, 5) is 0. The van der Waals surface area contributed by atoms with Crippen molar-refractivity contribution in [2.45, 2.75) is 6.92 Å². The van der Waals surface area contributed by atoms with E-state index in [1.165, 1.54) is 32.3 Å². The molecule has 0 aromatic heterocycles. The Balaban J connectivity index is 0.000000221. The molecule has 0 fully saturated rings. The second-order valence-corrected chi connectivity index (χ2v) is 7.05. The molecular weight excluding hydrogens is 339 g/mol. The van der Waals surface area contributed by atoms with E-state index in [0.717, 1.165) is 0 Å². The van der Waals surface area contributed by atoms with Crippen LogP contribution in [0, 0.1) is 13.3 Å². The zero-order valence-electron chi connectivity index (χ0n) is 15.5. The van der Waals surface area contributed by atoms with E-state index in [1.54, 1.807) is 0 Å². The Morgan fingerprint density at radius 1 is 0.704 bits per heavy atom. The maximum atomic E-state index is 2.65. The van der Waals surface area contributed by atoms with Gasteiger partial charge in [0.2, 0.25) is 0 Å². The summed E-state index contributed by atoms with van der Waals surface area (Å²) in [5, 5.41) is 0. The van der Waals surface area contributed by atoms with Gasteiger partial charge >= 0.3 is 57.5 Å². The van der Waals surface area contributed by atoms with Gasteiger partial charge in [0.05, 0.1) is 5.57 Å². The summed E-state index contributed by atoms with van der Waals surface area (Å²) in [5.74, 6) is 0. The number of hydrogen-bond donors (Lipinski definition) is 0. The van der Waals surface area contributed by atoms with Crippen LogP contribution in [0.1, 0.15) is 16.7 Å². The molecule has 0 aliphatic heterocycles. The van der Waals surface area contributed by atoms with E-state index in [2.05, 4.69) is 139 Å². The van der Waals surface area contributed by atoms with Gasteiger partial charge < -0.3 is 0 Å². The fourth-order valence-electron chi connectivity index (χ4n) is 2.88. The summed E-state index contributed by atoms with van der Waals surface area (Å²) >= 11 is 2.65. The van der Waals surface area contributed by atoms with E-state index >= 15 is 0 Å². The minimum atomic E-state index is 1.25. The first kappa shape index (κ1) is 19.1. The zero-order valence-corrected chi connectivity index (χ0v) is 16.7. The average molecular weight is 361 g/mol. The third kappa shape index (κ3) is 5.63. The van der Waals surface area contributed by atoms with Crippen molar-refractivity contribution in [1.82, 2.24) is 0 Å². The number of aryl methyl sites for hydroxylation is 1. The second kappa shape index (κ2) is 9.84. The number of benzene rings is 3. The number of hydrogen-bond acceptors (Lipinski definition) is 0. The van der Waals surface area contributed by atoms with E-state index in [4.69, 9.17) is 0 Å². The normalized spacial score (nSPS) is 12.0. The topological polar surface area (TPSA) is 0 Å². The molecule has 0 bridgehead atoms. The molecule has 4 rings (SSSR count). The molecule has 0 saturated carbocycles. The van der Waals surface area contributed by atoms with Crippen molar-refractivity contribution in [3.63, 3.8) is 0 Å². The van der Waals surface area contributed by atoms with Crippen LogP contribution in [0.3, 0.4) is 0 Å². The Hall–Kier alpha value is -2.72.